The molecule has 3 rings (SSSR count). The first-order valence-electron chi connectivity index (χ1n) is 6.97. The van der Waals surface area contributed by atoms with Crippen LogP contribution in [0.2, 0.25) is 0 Å². The van der Waals surface area contributed by atoms with Crippen molar-refractivity contribution in [2.75, 3.05) is 6.61 Å². The fraction of sp³-hybridized carbons (Fsp3) is 0.353. The summed E-state index contributed by atoms with van der Waals surface area (Å²) < 4.78 is 5.66. The van der Waals surface area contributed by atoms with Crippen LogP contribution >= 0.6 is 11.3 Å². The number of aryl methyl sites for hydroxylation is 2. The van der Waals surface area contributed by atoms with Gasteiger partial charge in [0, 0.05) is 11.3 Å². The van der Waals surface area contributed by atoms with E-state index in [1.807, 2.05) is 24.3 Å². The molecule has 104 valence electrons. The maximum Gasteiger partial charge on any atom is 0.173 e. The summed E-state index contributed by atoms with van der Waals surface area (Å²) in [6.45, 7) is 4.84. The van der Waals surface area contributed by atoms with E-state index in [9.17, 15) is 4.79 Å². The van der Waals surface area contributed by atoms with E-state index in [0.29, 0.717) is 13.0 Å². The first kappa shape index (κ1) is 13.4. The topological polar surface area (TPSA) is 26.3 Å². The highest BCUT2D eigenvalue weighted by Crippen LogP contribution is 2.36. The van der Waals surface area contributed by atoms with Crippen LogP contribution in [-0.4, -0.2) is 12.4 Å². The van der Waals surface area contributed by atoms with Crippen molar-refractivity contribution in [3.8, 4) is 5.75 Å². The van der Waals surface area contributed by atoms with Gasteiger partial charge in [-0.1, -0.05) is 18.2 Å². The van der Waals surface area contributed by atoms with Crippen LogP contribution in [0.5, 0.6) is 5.75 Å². The number of hydrogen-bond donors (Lipinski definition) is 0. The monoisotopic (exact) mass is 286 g/mol. The number of fused-ring (bicyclic) bond motifs is 1. The number of rotatable bonds is 3. The fourth-order valence-electron chi connectivity index (χ4n) is 2.66. The molecular formula is C17H18O2S. The number of para-hydroxylation sites is 1. The summed E-state index contributed by atoms with van der Waals surface area (Å²) in [7, 11) is 0. The summed E-state index contributed by atoms with van der Waals surface area (Å²) in [5.41, 5.74) is 2.39. The van der Waals surface area contributed by atoms with Crippen molar-refractivity contribution in [3.63, 3.8) is 0 Å². The molecule has 1 atom stereocenters. The summed E-state index contributed by atoms with van der Waals surface area (Å²) >= 11 is 1.61. The minimum Gasteiger partial charge on any atom is -0.493 e. The van der Waals surface area contributed by atoms with Crippen LogP contribution in [0.1, 0.15) is 44.4 Å². The van der Waals surface area contributed by atoms with Gasteiger partial charge in [-0.15, -0.1) is 11.3 Å². The second-order valence-corrected chi connectivity index (χ2v) is 6.61. The molecule has 0 aliphatic carbocycles. The van der Waals surface area contributed by atoms with Gasteiger partial charge in [0.1, 0.15) is 5.75 Å². The number of Topliss-reactive ketones (excluding diaryl/α,β-unsaturated/α-hetero) is 1. The molecule has 2 nitrogen and oxygen atoms in total. The van der Waals surface area contributed by atoms with E-state index in [4.69, 9.17) is 4.74 Å². The quantitative estimate of drug-likeness (QED) is 0.776. The predicted molar refractivity (Wildman–Crippen MR) is 82.0 cm³/mol. The lowest BCUT2D eigenvalue weighted by Crippen LogP contribution is -2.16. The largest absolute Gasteiger partial charge is 0.493 e. The zero-order valence-electron chi connectivity index (χ0n) is 11.8. The Labute approximate surface area is 123 Å². The molecule has 1 aliphatic rings. The number of ketones is 1. The Balaban J connectivity index is 1.80. The smallest absolute Gasteiger partial charge is 0.173 e. The number of benzene rings is 1. The van der Waals surface area contributed by atoms with Gasteiger partial charge in [-0.2, -0.15) is 0 Å². The van der Waals surface area contributed by atoms with E-state index in [2.05, 4.69) is 19.9 Å². The average Bonchev–Trinajstić information content (AvgIpc) is 2.79. The van der Waals surface area contributed by atoms with Crippen LogP contribution in [0.3, 0.4) is 0 Å². The number of ether oxygens (including phenoxy) is 1. The molecule has 0 saturated carbocycles. The fourth-order valence-corrected chi connectivity index (χ4v) is 3.65. The zero-order valence-corrected chi connectivity index (χ0v) is 12.6. The highest BCUT2D eigenvalue weighted by atomic mass is 32.1. The maximum absolute atomic E-state index is 12.5. The zero-order chi connectivity index (χ0) is 14.1. The molecule has 1 aromatic heterocycles. The molecule has 1 aromatic carbocycles. The highest BCUT2D eigenvalue weighted by molar-refractivity contribution is 7.14. The van der Waals surface area contributed by atoms with Crippen molar-refractivity contribution in [1.29, 1.82) is 0 Å². The number of carbonyl (C=O) groups excluding carboxylic acids is 1. The summed E-state index contributed by atoms with van der Waals surface area (Å²) in [5, 5.41) is 0. The lowest BCUT2D eigenvalue weighted by atomic mass is 9.88. The van der Waals surface area contributed by atoms with Crippen molar-refractivity contribution in [1.82, 2.24) is 0 Å². The molecule has 0 spiro atoms. The second kappa shape index (κ2) is 5.41. The number of thiophene rings is 1. The van der Waals surface area contributed by atoms with Gasteiger partial charge in [0.05, 0.1) is 11.5 Å². The first-order valence-corrected chi connectivity index (χ1v) is 7.79. The summed E-state index contributed by atoms with van der Waals surface area (Å²) in [5.74, 6) is 1.48. The molecule has 0 saturated heterocycles. The third-order valence-electron chi connectivity index (χ3n) is 3.96. The minimum absolute atomic E-state index is 0.257. The third-order valence-corrected chi connectivity index (χ3v) is 5.15. The lowest BCUT2D eigenvalue weighted by molar-refractivity contribution is 0.0970. The summed E-state index contributed by atoms with van der Waals surface area (Å²) in [6.07, 6.45) is 1.51. The van der Waals surface area contributed by atoms with Crippen LogP contribution in [0.4, 0.5) is 0 Å². The normalized spacial score (nSPS) is 17.4. The molecule has 2 heterocycles. The Hall–Kier alpha value is -1.61. The molecule has 1 aliphatic heterocycles. The Morgan fingerprint density at radius 2 is 2.15 bits per heavy atom. The predicted octanol–water partition coefficient (Wildman–Crippen LogP) is 4.50. The molecular weight excluding hydrogens is 268 g/mol. The van der Waals surface area contributed by atoms with Crippen molar-refractivity contribution < 1.29 is 9.53 Å². The van der Waals surface area contributed by atoms with Gasteiger partial charge in [0.15, 0.2) is 5.78 Å². The number of carbonyl (C=O) groups is 1. The van der Waals surface area contributed by atoms with Crippen LogP contribution in [0, 0.1) is 13.8 Å². The molecule has 0 N–H and O–H groups in total. The Morgan fingerprint density at radius 3 is 2.90 bits per heavy atom. The van der Waals surface area contributed by atoms with Crippen LogP contribution in [0.25, 0.3) is 0 Å². The third kappa shape index (κ3) is 2.50. The van der Waals surface area contributed by atoms with Gasteiger partial charge in [-0.05, 0) is 49.4 Å². The van der Waals surface area contributed by atoms with E-state index in [1.54, 1.807) is 11.3 Å². The van der Waals surface area contributed by atoms with Crippen molar-refractivity contribution in [2.24, 2.45) is 0 Å². The van der Waals surface area contributed by atoms with Gasteiger partial charge in [0.2, 0.25) is 0 Å². The van der Waals surface area contributed by atoms with Crippen molar-refractivity contribution in [2.45, 2.75) is 32.6 Å². The van der Waals surface area contributed by atoms with E-state index in [1.165, 1.54) is 16.0 Å². The Bertz CT molecular complexity index is 623. The lowest BCUT2D eigenvalue weighted by Gasteiger charge is -2.25. The van der Waals surface area contributed by atoms with Gasteiger partial charge in [-0.3, -0.25) is 4.79 Å². The second-order valence-electron chi connectivity index (χ2n) is 5.35. The molecule has 3 heteroatoms. The van der Waals surface area contributed by atoms with E-state index < -0.39 is 0 Å². The van der Waals surface area contributed by atoms with Gasteiger partial charge < -0.3 is 4.74 Å². The van der Waals surface area contributed by atoms with Crippen LogP contribution in [-0.2, 0) is 0 Å². The molecule has 1 unspecified atom stereocenters. The van der Waals surface area contributed by atoms with Crippen LogP contribution in [0.15, 0.2) is 30.3 Å². The highest BCUT2D eigenvalue weighted by Gasteiger charge is 2.24. The molecule has 0 radical (unpaired) electrons. The van der Waals surface area contributed by atoms with Gasteiger partial charge in [-0.25, -0.2) is 0 Å². The molecule has 0 fully saturated rings. The number of hydrogen-bond acceptors (Lipinski definition) is 3. The van der Waals surface area contributed by atoms with Gasteiger partial charge in [0.25, 0.3) is 0 Å². The Morgan fingerprint density at radius 1 is 1.35 bits per heavy atom. The molecule has 0 amide bonds. The van der Waals surface area contributed by atoms with Crippen molar-refractivity contribution >= 4 is 17.1 Å². The van der Waals surface area contributed by atoms with Crippen molar-refractivity contribution in [3.05, 3.63) is 51.2 Å². The van der Waals surface area contributed by atoms with E-state index in [-0.39, 0.29) is 11.7 Å². The summed E-state index contributed by atoms with van der Waals surface area (Å²) in [6, 6.07) is 10.1. The SMILES string of the molecule is Cc1cc(C(=O)CC2CCOc3ccccc32)sc1C. The van der Waals surface area contributed by atoms with E-state index in [0.717, 1.165) is 17.0 Å². The molecule has 20 heavy (non-hydrogen) atoms. The average molecular weight is 286 g/mol. The van der Waals surface area contributed by atoms with Gasteiger partial charge >= 0.3 is 0 Å². The van der Waals surface area contributed by atoms with E-state index >= 15 is 0 Å². The Kier molecular flexibility index (Phi) is 3.62. The molecule has 2 aromatic rings. The molecule has 0 bridgehead atoms. The maximum atomic E-state index is 12.5. The minimum atomic E-state index is 0.257. The first-order chi connectivity index (χ1) is 9.65. The standard InChI is InChI=1S/C17H18O2S/c1-11-9-17(20-12(11)2)15(18)10-13-7-8-19-16-6-4-3-5-14(13)16/h3-6,9,13H,7-8,10H2,1-2H3. The van der Waals surface area contributed by atoms with Crippen LogP contribution < -0.4 is 4.74 Å². The summed E-state index contributed by atoms with van der Waals surface area (Å²) in [4.78, 5) is 14.6.